The minimum atomic E-state index is -4.58. The number of amides is 2. The van der Waals surface area contributed by atoms with E-state index in [0.29, 0.717) is 5.52 Å². The molecule has 4 N–H and O–H groups in total. The van der Waals surface area contributed by atoms with Crippen molar-refractivity contribution in [2.75, 3.05) is 5.32 Å². The van der Waals surface area contributed by atoms with E-state index in [-0.39, 0.29) is 108 Å². The van der Waals surface area contributed by atoms with Crippen LogP contribution in [0.4, 0.5) is 9.93 Å². The maximum atomic E-state index is 11.2. The van der Waals surface area contributed by atoms with E-state index in [0.717, 1.165) is 4.70 Å². The molecule has 0 aliphatic rings. The molecular formula is C8H8K2N3O4PS. The SMILES string of the molecule is O=C(Nc1nc2ccccc2s1)NP(=O)(O)O.[K].[K]. The van der Waals surface area contributed by atoms with Gasteiger partial charge in [-0.05, 0) is 12.1 Å². The Morgan fingerprint density at radius 3 is 2.47 bits per heavy atom. The quantitative estimate of drug-likeness (QED) is 0.471. The fourth-order valence-electron chi connectivity index (χ4n) is 1.18. The molecule has 0 aliphatic carbocycles. The number of carbonyl (C=O) groups is 1. The Balaban J connectivity index is 0.00000162. The van der Waals surface area contributed by atoms with Crippen molar-refractivity contribution in [1.82, 2.24) is 10.1 Å². The first kappa shape index (κ1) is 20.8. The summed E-state index contributed by atoms with van der Waals surface area (Å²) >= 11 is 1.22. The van der Waals surface area contributed by atoms with Crippen molar-refractivity contribution in [2.24, 2.45) is 0 Å². The van der Waals surface area contributed by atoms with Crippen molar-refractivity contribution >= 4 is 143 Å². The molecule has 2 aromatic rings. The fourth-order valence-corrected chi connectivity index (χ4v) is 2.36. The fraction of sp³-hybridized carbons (Fsp3) is 0. The molecule has 0 saturated carbocycles. The normalized spacial score (nSPS) is 10.2. The van der Waals surface area contributed by atoms with Crippen molar-refractivity contribution in [3.63, 3.8) is 0 Å². The Kier molecular flexibility index (Phi) is 9.92. The number of aromatic nitrogens is 1. The average Bonchev–Trinajstić information content (AvgIpc) is 2.55. The van der Waals surface area contributed by atoms with Crippen LogP contribution in [0.15, 0.2) is 24.3 Å². The Bertz CT molecular complexity index is 584. The van der Waals surface area contributed by atoms with Gasteiger partial charge in [-0.1, -0.05) is 23.5 Å². The van der Waals surface area contributed by atoms with Crippen molar-refractivity contribution in [3.05, 3.63) is 24.3 Å². The first-order valence-corrected chi connectivity index (χ1v) is 6.87. The van der Waals surface area contributed by atoms with Gasteiger partial charge in [0.1, 0.15) is 0 Å². The van der Waals surface area contributed by atoms with Crippen molar-refractivity contribution in [2.45, 2.75) is 0 Å². The number of hydrogen-bond donors (Lipinski definition) is 4. The molecule has 1 heterocycles. The minimum Gasteiger partial charge on any atom is -0.308 e. The predicted octanol–water partition coefficient (Wildman–Crippen LogP) is 0.749. The first-order chi connectivity index (χ1) is 7.94. The topological polar surface area (TPSA) is 112 Å². The molecule has 0 bridgehead atoms. The third-order valence-corrected chi connectivity index (χ3v) is 3.21. The molecule has 0 spiro atoms. The summed E-state index contributed by atoms with van der Waals surface area (Å²) in [5, 5.41) is 4.02. The van der Waals surface area contributed by atoms with Gasteiger partial charge < -0.3 is 9.79 Å². The van der Waals surface area contributed by atoms with E-state index in [2.05, 4.69) is 10.3 Å². The number of urea groups is 1. The molecule has 19 heavy (non-hydrogen) atoms. The maximum absolute atomic E-state index is 11.2. The van der Waals surface area contributed by atoms with Gasteiger partial charge in [0.05, 0.1) is 10.2 Å². The van der Waals surface area contributed by atoms with Crippen LogP contribution >= 0.6 is 19.1 Å². The van der Waals surface area contributed by atoms with Gasteiger partial charge in [0.2, 0.25) is 0 Å². The summed E-state index contributed by atoms with van der Waals surface area (Å²) < 4.78 is 11.4. The summed E-state index contributed by atoms with van der Waals surface area (Å²) in [5.74, 6) is 0. The average molecular weight is 351 g/mol. The number of para-hydroxylation sites is 1. The maximum Gasteiger partial charge on any atom is 0.431 e. The van der Waals surface area contributed by atoms with Gasteiger partial charge in [-0.25, -0.2) is 19.4 Å². The van der Waals surface area contributed by atoms with Crippen molar-refractivity contribution < 1.29 is 19.1 Å². The Hall–Kier alpha value is 1.80. The molecule has 0 aliphatic heterocycles. The molecule has 2 rings (SSSR count). The Labute approximate surface area is 198 Å². The number of hydrogen-bond acceptors (Lipinski definition) is 4. The van der Waals surface area contributed by atoms with Gasteiger partial charge in [-0.3, -0.25) is 5.32 Å². The minimum absolute atomic E-state index is 0. The molecule has 2 amide bonds. The molecule has 0 unspecified atom stereocenters. The number of nitrogens with one attached hydrogen (secondary N) is 2. The summed E-state index contributed by atoms with van der Waals surface area (Å²) in [7, 11) is -4.58. The Morgan fingerprint density at radius 2 is 1.89 bits per heavy atom. The second-order valence-electron chi connectivity index (χ2n) is 3.10. The smallest absolute Gasteiger partial charge is 0.308 e. The number of nitrogens with zero attached hydrogens (tertiary/aromatic N) is 1. The summed E-state index contributed by atoms with van der Waals surface area (Å²) in [4.78, 5) is 32.3. The van der Waals surface area contributed by atoms with E-state index >= 15 is 0 Å². The van der Waals surface area contributed by atoms with E-state index in [1.165, 1.54) is 16.4 Å². The number of benzene rings is 1. The van der Waals surface area contributed by atoms with Crippen LogP contribution in [0.5, 0.6) is 0 Å². The van der Waals surface area contributed by atoms with Gasteiger partial charge in [-0.15, -0.1) is 0 Å². The second kappa shape index (κ2) is 9.06. The zero-order valence-corrected chi connectivity index (χ0v) is 18.3. The zero-order chi connectivity index (χ0) is 12.5. The number of fused-ring (bicyclic) bond motifs is 1. The molecule has 0 saturated heterocycles. The first-order valence-electron chi connectivity index (χ1n) is 4.44. The van der Waals surface area contributed by atoms with E-state index < -0.39 is 13.8 Å². The standard InChI is InChI=1S/C8H8N3O4PS.2K/c12-7(11-16(13,14)15)10-8-9-5-3-1-2-4-6(5)17-8;;/h1-4H,(H4,9,10,11,12,13,14,15);;. The molecule has 92 valence electrons. The Morgan fingerprint density at radius 1 is 1.26 bits per heavy atom. The van der Waals surface area contributed by atoms with Crippen LogP contribution in [0.25, 0.3) is 10.2 Å². The van der Waals surface area contributed by atoms with Crippen LogP contribution in [0.1, 0.15) is 0 Å². The number of thiazole rings is 1. The summed E-state index contributed by atoms with van der Waals surface area (Å²) in [5.41, 5.74) is 0.712. The number of rotatable bonds is 2. The second-order valence-corrected chi connectivity index (χ2v) is 5.44. The van der Waals surface area contributed by atoms with Gasteiger partial charge in [-0.2, -0.15) is 0 Å². The third kappa shape index (κ3) is 7.07. The summed E-state index contributed by atoms with van der Waals surface area (Å²) in [6.45, 7) is 0. The van der Waals surface area contributed by atoms with Crippen molar-refractivity contribution in [3.8, 4) is 0 Å². The van der Waals surface area contributed by atoms with E-state index in [1.807, 2.05) is 18.2 Å². The van der Waals surface area contributed by atoms with Crippen LogP contribution in [0.3, 0.4) is 0 Å². The van der Waals surface area contributed by atoms with E-state index in [4.69, 9.17) is 9.79 Å². The molecule has 1 aromatic carbocycles. The molecular weight excluding hydrogens is 343 g/mol. The van der Waals surface area contributed by atoms with E-state index in [1.54, 1.807) is 6.07 Å². The van der Waals surface area contributed by atoms with Crippen LogP contribution in [0, 0.1) is 0 Å². The van der Waals surface area contributed by atoms with Crippen LogP contribution in [-0.4, -0.2) is 124 Å². The molecule has 2 radical (unpaired) electrons. The summed E-state index contributed by atoms with van der Waals surface area (Å²) in [6, 6.07) is 6.26. The van der Waals surface area contributed by atoms with Gasteiger partial charge >= 0.3 is 13.8 Å². The zero-order valence-electron chi connectivity index (χ0n) is 10.3. The van der Waals surface area contributed by atoms with Crippen LogP contribution < -0.4 is 10.4 Å². The van der Waals surface area contributed by atoms with Gasteiger partial charge in [0, 0.05) is 103 Å². The molecule has 0 fully saturated rings. The largest absolute Gasteiger partial charge is 0.431 e. The van der Waals surface area contributed by atoms with E-state index in [9.17, 15) is 9.36 Å². The number of anilines is 1. The van der Waals surface area contributed by atoms with Gasteiger partial charge in [0.25, 0.3) is 0 Å². The van der Waals surface area contributed by atoms with Crippen molar-refractivity contribution in [1.29, 1.82) is 0 Å². The van der Waals surface area contributed by atoms with Gasteiger partial charge in [0.15, 0.2) is 5.13 Å². The molecule has 0 atom stereocenters. The third-order valence-electron chi connectivity index (χ3n) is 1.76. The summed E-state index contributed by atoms with van der Waals surface area (Å²) in [6.07, 6.45) is 0. The molecule has 11 heteroatoms. The molecule has 7 nitrogen and oxygen atoms in total. The van der Waals surface area contributed by atoms with Crippen LogP contribution in [-0.2, 0) is 4.57 Å². The van der Waals surface area contributed by atoms with Crippen LogP contribution in [0.2, 0.25) is 0 Å². The molecule has 1 aromatic heterocycles. The predicted molar refractivity (Wildman–Crippen MR) is 75.3 cm³/mol. The monoisotopic (exact) mass is 351 g/mol. The number of carbonyl (C=O) groups excluding carboxylic acids is 1.